The number of amides is 1. The molecule has 3 N–H and O–H groups in total. The Hall–Kier alpha value is -3.04. The van der Waals surface area contributed by atoms with Crippen LogP contribution in [0, 0.1) is 6.92 Å². The molecule has 0 saturated heterocycles. The molecule has 3 aromatic rings. The summed E-state index contributed by atoms with van der Waals surface area (Å²) in [6, 6.07) is 14.9. The fraction of sp³-hybridized carbons (Fsp3) is 0.0625. The SMILES string of the molecule is Cc1c(C(=O)Nc2ccc(S(N)(=O)=O)cc2)nnn1-c1ccccc1. The molecule has 0 aliphatic rings. The lowest BCUT2D eigenvalue weighted by Gasteiger charge is -2.06. The van der Waals surface area contributed by atoms with Crippen molar-refractivity contribution in [2.75, 3.05) is 5.32 Å². The number of carbonyl (C=O) groups is 1. The van der Waals surface area contributed by atoms with Crippen molar-refractivity contribution in [1.82, 2.24) is 15.0 Å². The number of anilines is 1. The maximum absolute atomic E-state index is 12.4. The first-order valence-corrected chi connectivity index (χ1v) is 8.83. The van der Waals surface area contributed by atoms with E-state index in [0.29, 0.717) is 11.4 Å². The molecule has 128 valence electrons. The fourth-order valence-electron chi connectivity index (χ4n) is 2.27. The van der Waals surface area contributed by atoms with Crippen LogP contribution < -0.4 is 10.5 Å². The van der Waals surface area contributed by atoms with E-state index in [2.05, 4.69) is 15.6 Å². The van der Waals surface area contributed by atoms with Gasteiger partial charge in [-0.15, -0.1) is 5.10 Å². The van der Waals surface area contributed by atoms with Crippen molar-refractivity contribution >= 4 is 21.6 Å². The van der Waals surface area contributed by atoms with Crippen molar-refractivity contribution in [2.24, 2.45) is 5.14 Å². The zero-order chi connectivity index (χ0) is 18.0. The minimum absolute atomic E-state index is 0.0308. The predicted molar refractivity (Wildman–Crippen MR) is 91.9 cm³/mol. The van der Waals surface area contributed by atoms with Gasteiger partial charge in [-0.2, -0.15) is 0 Å². The van der Waals surface area contributed by atoms with Crippen LogP contribution in [-0.2, 0) is 10.0 Å². The first-order chi connectivity index (χ1) is 11.9. The Morgan fingerprint density at radius 1 is 1.08 bits per heavy atom. The maximum Gasteiger partial charge on any atom is 0.278 e. The molecular formula is C16H15N5O3S. The average molecular weight is 357 g/mol. The van der Waals surface area contributed by atoms with Crippen molar-refractivity contribution in [1.29, 1.82) is 0 Å². The number of hydrogen-bond donors (Lipinski definition) is 2. The van der Waals surface area contributed by atoms with Crippen LogP contribution in [0.5, 0.6) is 0 Å². The van der Waals surface area contributed by atoms with Gasteiger partial charge in [0.15, 0.2) is 5.69 Å². The number of sulfonamides is 1. The third kappa shape index (κ3) is 3.57. The van der Waals surface area contributed by atoms with Gasteiger partial charge in [-0.1, -0.05) is 23.4 Å². The van der Waals surface area contributed by atoms with Crippen molar-refractivity contribution in [3.05, 3.63) is 66.0 Å². The Labute approximate surface area is 144 Å². The van der Waals surface area contributed by atoms with Crippen molar-refractivity contribution in [2.45, 2.75) is 11.8 Å². The first kappa shape index (κ1) is 16.8. The quantitative estimate of drug-likeness (QED) is 0.733. The summed E-state index contributed by atoms with van der Waals surface area (Å²) in [7, 11) is -3.77. The summed E-state index contributed by atoms with van der Waals surface area (Å²) in [4.78, 5) is 12.4. The van der Waals surface area contributed by atoms with E-state index in [1.54, 1.807) is 11.6 Å². The molecule has 1 heterocycles. The zero-order valence-corrected chi connectivity index (χ0v) is 14.1. The summed E-state index contributed by atoms with van der Waals surface area (Å²) in [5, 5.41) is 15.6. The van der Waals surface area contributed by atoms with Crippen LogP contribution >= 0.6 is 0 Å². The van der Waals surface area contributed by atoms with Gasteiger partial charge in [0.25, 0.3) is 5.91 Å². The molecule has 2 aromatic carbocycles. The van der Waals surface area contributed by atoms with Gasteiger partial charge in [-0.25, -0.2) is 18.2 Å². The monoisotopic (exact) mass is 357 g/mol. The molecule has 0 aliphatic carbocycles. The zero-order valence-electron chi connectivity index (χ0n) is 13.2. The second kappa shape index (κ2) is 6.46. The molecular weight excluding hydrogens is 342 g/mol. The number of nitrogens with one attached hydrogen (secondary N) is 1. The number of aromatic nitrogens is 3. The molecule has 0 atom stereocenters. The van der Waals surface area contributed by atoms with Gasteiger partial charge >= 0.3 is 0 Å². The molecule has 0 radical (unpaired) electrons. The Balaban J connectivity index is 1.82. The molecule has 1 amide bonds. The van der Waals surface area contributed by atoms with Crippen molar-refractivity contribution < 1.29 is 13.2 Å². The summed E-state index contributed by atoms with van der Waals surface area (Å²) < 4.78 is 24.0. The van der Waals surface area contributed by atoms with Gasteiger partial charge in [0.05, 0.1) is 16.3 Å². The molecule has 25 heavy (non-hydrogen) atoms. The van der Waals surface area contributed by atoms with E-state index < -0.39 is 15.9 Å². The van der Waals surface area contributed by atoms with Crippen LogP contribution in [0.3, 0.4) is 0 Å². The smallest absolute Gasteiger partial charge is 0.278 e. The Bertz CT molecular complexity index is 1010. The van der Waals surface area contributed by atoms with Gasteiger partial charge in [-0.3, -0.25) is 4.79 Å². The van der Waals surface area contributed by atoms with Crippen LogP contribution in [0.15, 0.2) is 59.5 Å². The summed E-state index contributed by atoms with van der Waals surface area (Å²) in [6.45, 7) is 1.74. The molecule has 0 spiro atoms. The van der Waals surface area contributed by atoms with E-state index in [0.717, 1.165) is 5.69 Å². The first-order valence-electron chi connectivity index (χ1n) is 7.28. The van der Waals surface area contributed by atoms with Crippen molar-refractivity contribution in [3.8, 4) is 5.69 Å². The second-order valence-electron chi connectivity index (χ2n) is 5.29. The van der Waals surface area contributed by atoms with Crippen LogP contribution in [0.4, 0.5) is 5.69 Å². The number of hydrogen-bond acceptors (Lipinski definition) is 5. The maximum atomic E-state index is 12.4. The number of nitrogens with zero attached hydrogens (tertiary/aromatic N) is 3. The van der Waals surface area contributed by atoms with E-state index in [9.17, 15) is 13.2 Å². The molecule has 0 unspecified atom stereocenters. The number of rotatable bonds is 4. The van der Waals surface area contributed by atoms with E-state index in [4.69, 9.17) is 5.14 Å². The molecule has 8 nitrogen and oxygen atoms in total. The number of benzene rings is 2. The van der Waals surface area contributed by atoms with Crippen molar-refractivity contribution in [3.63, 3.8) is 0 Å². The van der Waals surface area contributed by atoms with Crippen LogP contribution in [0.2, 0.25) is 0 Å². The largest absolute Gasteiger partial charge is 0.321 e. The van der Waals surface area contributed by atoms with Crippen LogP contribution in [-0.4, -0.2) is 29.3 Å². The molecule has 0 fully saturated rings. The second-order valence-corrected chi connectivity index (χ2v) is 6.86. The van der Waals surface area contributed by atoms with E-state index in [1.807, 2.05) is 30.3 Å². The Morgan fingerprint density at radius 2 is 1.72 bits per heavy atom. The average Bonchev–Trinajstić information content (AvgIpc) is 2.97. The van der Waals surface area contributed by atoms with E-state index in [1.165, 1.54) is 24.3 Å². The minimum Gasteiger partial charge on any atom is -0.321 e. The third-order valence-corrected chi connectivity index (χ3v) is 4.48. The highest BCUT2D eigenvalue weighted by molar-refractivity contribution is 7.89. The Kier molecular flexibility index (Phi) is 4.34. The van der Waals surface area contributed by atoms with Crippen LogP contribution in [0.25, 0.3) is 5.69 Å². The normalized spacial score (nSPS) is 11.3. The van der Waals surface area contributed by atoms with Gasteiger partial charge < -0.3 is 5.32 Å². The van der Waals surface area contributed by atoms with Gasteiger partial charge in [0.2, 0.25) is 10.0 Å². The van der Waals surface area contributed by atoms with Gasteiger partial charge in [0.1, 0.15) is 0 Å². The standard InChI is InChI=1S/C16H15N5O3S/c1-11-15(19-20-21(11)13-5-3-2-4-6-13)16(22)18-12-7-9-14(10-8-12)25(17,23)24/h2-10H,1H3,(H,18,22)(H2,17,23,24). The summed E-state index contributed by atoms with van der Waals surface area (Å²) in [5.41, 5.74) is 1.99. The number of nitrogens with two attached hydrogens (primary N) is 1. The van der Waals surface area contributed by atoms with Crippen LogP contribution in [0.1, 0.15) is 16.2 Å². The molecule has 0 bridgehead atoms. The van der Waals surface area contributed by atoms with E-state index in [-0.39, 0.29) is 10.6 Å². The fourth-order valence-corrected chi connectivity index (χ4v) is 2.79. The third-order valence-electron chi connectivity index (χ3n) is 3.55. The molecule has 0 saturated carbocycles. The molecule has 0 aliphatic heterocycles. The number of para-hydroxylation sites is 1. The number of primary sulfonamides is 1. The number of carbonyl (C=O) groups excluding carboxylic acids is 1. The lowest BCUT2D eigenvalue weighted by atomic mass is 10.2. The highest BCUT2D eigenvalue weighted by Crippen LogP contribution is 2.16. The predicted octanol–water partition coefficient (Wildman–Crippen LogP) is 1.48. The lowest BCUT2D eigenvalue weighted by molar-refractivity contribution is 0.102. The summed E-state index contributed by atoms with van der Waals surface area (Å²) >= 11 is 0. The highest BCUT2D eigenvalue weighted by Gasteiger charge is 2.17. The topological polar surface area (TPSA) is 120 Å². The summed E-state index contributed by atoms with van der Waals surface area (Å²) in [5.74, 6) is -0.442. The lowest BCUT2D eigenvalue weighted by Crippen LogP contribution is -2.15. The minimum atomic E-state index is -3.77. The Morgan fingerprint density at radius 3 is 2.32 bits per heavy atom. The highest BCUT2D eigenvalue weighted by atomic mass is 32.2. The van der Waals surface area contributed by atoms with Gasteiger partial charge in [-0.05, 0) is 43.3 Å². The molecule has 1 aromatic heterocycles. The van der Waals surface area contributed by atoms with Gasteiger partial charge in [0, 0.05) is 5.69 Å². The molecule has 3 rings (SSSR count). The summed E-state index contributed by atoms with van der Waals surface area (Å²) in [6.07, 6.45) is 0. The molecule has 9 heteroatoms. The van der Waals surface area contributed by atoms with E-state index >= 15 is 0 Å².